The lowest BCUT2D eigenvalue weighted by molar-refractivity contribution is -0.132. The van der Waals surface area contributed by atoms with E-state index >= 15 is 0 Å². The minimum absolute atomic E-state index is 0.0956. The first kappa shape index (κ1) is 27.5. The lowest BCUT2D eigenvalue weighted by Gasteiger charge is -2.37. The summed E-state index contributed by atoms with van der Waals surface area (Å²) in [5, 5.41) is 6.63. The highest BCUT2D eigenvalue weighted by Crippen LogP contribution is 2.27. The molecule has 198 valence electrons. The van der Waals surface area contributed by atoms with Crippen LogP contribution in [0.2, 0.25) is 0 Å². The van der Waals surface area contributed by atoms with E-state index in [4.69, 9.17) is 14.6 Å². The molecule has 0 bridgehead atoms. The fourth-order valence-electron chi connectivity index (χ4n) is 4.57. The molecule has 2 saturated heterocycles. The van der Waals surface area contributed by atoms with Gasteiger partial charge >= 0.3 is 0 Å². The number of ether oxygens (including phenoxy) is 2. The van der Waals surface area contributed by atoms with Gasteiger partial charge in [0.25, 0.3) is 0 Å². The van der Waals surface area contributed by atoms with Crippen molar-refractivity contribution in [2.45, 2.75) is 20.3 Å². The SMILES string of the molecule is CCc1ccc(N2CCN(C(=O)CN(C)/N=C(\C(C)/C=C\C=NC)N3CCOCC3)CC2)cc1OC. The average Bonchev–Trinajstić information content (AvgIpc) is 2.91. The van der Waals surface area contributed by atoms with Gasteiger partial charge in [-0.05, 0) is 24.1 Å². The van der Waals surface area contributed by atoms with Gasteiger partial charge in [0.1, 0.15) is 18.1 Å². The van der Waals surface area contributed by atoms with Crippen molar-refractivity contribution in [3.63, 3.8) is 0 Å². The molecular formula is C27H42N6O3. The Morgan fingerprint density at radius 3 is 2.53 bits per heavy atom. The van der Waals surface area contributed by atoms with Crippen LogP contribution in [0, 0.1) is 5.92 Å². The Labute approximate surface area is 216 Å². The number of hydrazone groups is 1. The Morgan fingerprint density at radius 1 is 1.17 bits per heavy atom. The lowest BCUT2D eigenvalue weighted by Crippen LogP contribution is -2.51. The van der Waals surface area contributed by atoms with E-state index in [1.807, 2.05) is 18.0 Å². The molecule has 3 rings (SSSR count). The normalized spacial score (nSPS) is 18.2. The first-order chi connectivity index (χ1) is 17.5. The zero-order valence-electron chi connectivity index (χ0n) is 22.5. The van der Waals surface area contributed by atoms with Crippen LogP contribution in [0.1, 0.15) is 19.4 Å². The molecule has 0 N–H and O–H groups in total. The van der Waals surface area contributed by atoms with Crippen LogP contribution in [-0.4, -0.2) is 113 Å². The molecule has 0 spiro atoms. The summed E-state index contributed by atoms with van der Waals surface area (Å²) in [5.74, 6) is 2.07. The zero-order valence-corrected chi connectivity index (χ0v) is 22.5. The Hall–Kier alpha value is -3.07. The second kappa shape index (κ2) is 13.9. The monoisotopic (exact) mass is 498 g/mol. The molecule has 0 radical (unpaired) electrons. The maximum absolute atomic E-state index is 13.1. The Morgan fingerprint density at radius 2 is 1.89 bits per heavy atom. The summed E-state index contributed by atoms with van der Waals surface area (Å²) in [6, 6.07) is 6.39. The number of rotatable bonds is 9. The van der Waals surface area contributed by atoms with Crippen molar-refractivity contribution in [3.05, 3.63) is 35.9 Å². The van der Waals surface area contributed by atoms with Crippen molar-refractivity contribution in [3.8, 4) is 5.75 Å². The standard InChI is InChI=1S/C27H42N6O3/c1-6-23-9-10-24(20-25(23)35-5)31-12-14-32(15-13-31)26(34)21-30(4)29-27(22(2)8-7-11-28-3)33-16-18-36-19-17-33/h7-11,20,22H,6,12-19,21H2,1-5H3/b8-7-,28-11?,29-27+. The largest absolute Gasteiger partial charge is 0.496 e. The molecule has 36 heavy (non-hydrogen) atoms. The molecule has 0 aromatic heterocycles. The highest BCUT2D eigenvalue weighted by atomic mass is 16.5. The summed E-state index contributed by atoms with van der Waals surface area (Å²) >= 11 is 0. The van der Waals surface area contributed by atoms with Crippen molar-refractivity contribution in [2.75, 3.05) is 85.1 Å². The number of piperazine rings is 1. The molecule has 2 fully saturated rings. The van der Waals surface area contributed by atoms with Gasteiger partial charge in [-0.15, -0.1) is 0 Å². The van der Waals surface area contributed by atoms with Crippen LogP contribution in [0.4, 0.5) is 5.69 Å². The lowest BCUT2D eigenvalue weighted by atomic mass is 10.1. The Bertz CT molecular complexity index is 933. The van der Waals surface area contributed by atoms with Crippen molar-refractivity contribution in [2.24, 2.45) is 16.0 Å². The summed E-state index contributed by atoms with van der Waals surface area (Å²) in [6.07, 6.45) is 6.74. The minimum atomic E-state index is 0.0956. The number of aliphatic imine (C=N–C) groups is 1. The van der Waals surface area contributed by atoms with Gasteiger partial charge in [-0.2, -0.15) is 5.10 Å². The molecule has 1 aromatic rings. The maximum atomic E-state index is 13.1. The summed E-state index contributed by atoms with van der Waals surface area (Å²) < 4.78 is 11.1. The number of amides is 1. The molecule has 1 atom stereocenters. The van der Waals surface area contributed by atoms with Crippen LogP contribution in [0.25, 0.3) is 0 Å². The summed E-state index contributed by atoms with van der Waals surface area (Å²) in [6.45, 7) is 10.5. The maximum Gasteiger partial charge on any atom is 0.243 e. The first-order valence-corrected chi connectivity index (χ1v) is 12.9. The number of hydrogen-bond acceptors (Lipinski definition) is 7. The summed E-state index contributed by atoms with van der Waals surface area (Å²) in [5.41, 5.74) is 2.35. The number of carbonyl (C=O) groups is 1. The van der Waals surface area contributed by atoms with Crippen molar-refractivity contribution in [1.82, 2.24) is 14.8 Å². The van der Waals surface area contributed by atoms with Gasteiger partial charge in [-0.3, -0.25) is 14.8 Å². The number of aryl methyl sites for hydroxylation is 1. The third-order valence-electron chi connectivity index (χ3n) is 6.66. The number of morpholine rings is 1. The summed E-state index contributed by atoms with van der Waals surface area (Å²) in [7, 11) is 5.35. The zero-order chi connectivity index (χ0) is 25.9. The molecule has 0 aliphatic carbocycles. The third kappa shape index (κ3) is 7.46. The van der Waals surface area contributed by atoms with Crippen LogP contribution >= 0.6 is 0 Å². The highest BCUT2D eigenvalue weighted by molar-refractivity contribution is 5.87. The van der Waals surface area contributed by atoms with Gasteiger partial charge in [-0.1, -0.05) is 26.0 Å². The van der Waals surface area contributed by atoms with Crippen LogP contribution in [-0.2, 0) is 16.0 Å². The fraction of sp³-hybridized carbons (Fsp3) is 0.593. The number of carbonyl (C=O) groups excluding carboxylic acids is 1. The van der Waals surface area contributed by atoms with Crippen molar-refractivity contribution in [1.29, 1.82) is 0 Å². The number of anilines is 1. The summed E-state index contributed by atoms with van der Waals surface area (Å²) in [4.78, 5) is 23.6. The van der Waals surface area contributed by atoms with E-state index in [1.165, 1.54) is 5.56 Å². The molecular weight excluding hydrogens is 456 g/mol. The van der Waals surface area contributed by atoms with Gasteiger partial charge < -0.3 is 24.2 Å². The number of likely N-dealkylation sites (N-methyl/N-ethyl adjacent to an activating group) is 1. The van der Waals surface area contributed by atoms with E-state index in [9.17, 15) is 4.79 Å². The van der Waals surface area contributed by atoms with Crippen molar-refractivity contribution >= 4 is 23.6 Å². The molecule has 2 aliphatic rings. The predicted octanol–water partition coefficient (Wildman–Crippen LogP) is 2.38. The van der Waals surface area contributed by atoms with Gasteiger partial charge in [0.15, 0.2) is 0 Å². The van der Waals surface area contributed by atoms with Crippen LogP contribution in [0.5, 0.6) is 5.75 Å². The van der Waals surface area contributed by atoms with Crippen LogP contribution < -0.4 is 9.64 Å². The molecule has 2 aliphatic heterocycles. The molecule has 2 heterocycles. The van der Waals surface area contributed by atoms with Crippen LogP contribution in [0.3, 0.4) is 0 Å². The minimum Gasteiger partial charge on any atom is -0.496 e. The van der Waals surface area contributed by atoms with Crippen LogP contribution in [0.15, 0.2) is 40.4 Å². The van der Waals surface area contributed by atoms with E-state index in [1.54, 1.807) is 25.4 Å². The van der Waals surface area contributed by atoms with E-state index in [0.29, 0.717) is 26.3 Å². The Balaban J connectivity index is 1.59. The smallest absolute Gasteiger partial charge is 0.243 e. The predicted molar refractivity (Wildman–Crippen MR) is 146 cm³/mol. The molecule has 1 unspecified atom stereocenters. The molecule has 1 aromatic carbocycles. The molecule has 0 saturated carbocycles. The average molecular weight is 499 g/mol. The van der Waals surface area contributed by atoms with E-state index in [2.05, 4.69) is 52.9 Å². The second-order valence-corrected chi connectivity index (χ2v) is 9.17. The quantitative estimate of drug-likeness (QED) is 0.296. The van der Waals surface area contributed by atoms with E-state index in [-0.39, 0.29) is 18.4 Å². The van der Waals surface area contributed by atoms with Gasteiger partial charge in [0, 0.05) is 77.3 Å². The van der Waals surface area contributed by atoms with E-state index in [0.717, 1.165) is 49.9 Å². The van der Waals surface area contributed by atoms with Gasteiger partial charge in [-0.25, -0.2) is 0 Å². The number of methoxy groups -OCH3 is 1. The topological polar surface area (TPSA) is 73.2 Å². The molecule has 9 heteroatoms. The van der Waals surface area contributed by atoms with E-state index < -0.39 is 0 Å². The highest BCUT2D eigenvalue weighted by Gasteiger charge is 2.24. The number of benzene rings is 1. The number of hydrogen-bond donors (Lipinski definition) is 0. The molecule has 9 nitrogen and oxygen atoms in total. The molecule has 1 amide bonds. The second-order valence-electron chi connectivity index (χ2n) is 9.17. The van der Waals surface area contributed by atoms with Gasteiger partial charge in [0.05, 0.1) is 20.3 Å². The fourth-order valence-corrected chi connectivity index (χ4v) is 4.57. The van der Waals surface area contributed by atoms with Gasteiger partial charge in [0.2, 0.25) is 5.91 Å². The number of amidine groups is 1. The van der Waals surface area contributed by atoms with Crippen molar-refractivity contribution < 1.29 is 14.3 Å². The first-order valence-electron chi connectivity index (χ1n) is 12.9. The third-order valence-corrected chi connectivity index (χ3v) is 6.66. The number of allylic oxidation sites excluding steroid dienone is 1. The Kier molecular flexibility index (Phi) is 10.6. The number of nitrogens with zero attached hydrogens (tertiary/aromatic N) is 6.